The number of nitrogens with zero attached hydrogens (tertiary/aromatic N) is 2. The van der Waals surface area contributed by atoms with E-state index in [4.69, 9.17) is 4.74 Å². The molecule has 6 nitrogen and oxygen atoms in total. The predicted molar refractivity (Wildman–Crippen MR) is 132 cm³/mol. The molecule has 0 aromatic heterocycles. The molecule has 1 fully saturated rings. The molecule has 3 aliphatic heterocycles. The highest BCUT2D eigenvalue weighted by atomic mass is 32.2. The summed E-state index contributed by atoms with van der Waals surface area (Å²) >= 11 is 1.78. The summed E-state index contributed by atoms with van der Waals surface area (Å²) in [6.45, 7) is 7.71. The Kier molecular flexibility index (Phi) is 5.69. The minimum atomic E-state index is -3.25. The van der Waals surface area contributed by atoms with Crippen molar-refractivity contribution in [1.29, 1.82) is 0 Å². The van der Waals surface area contributed by atoms with E-state index in [-0.39, 0.29) is 0 Å². The molecule has 0 unspecified atom stereocenters. The minimum Gasteiger partial charge on any atom is -0.378 e. The Hall–Kier alpha value is -2.42. The van der Waals surface area contributed by atoms with Gasteiger partial charge in [0.2, 0.25) is 0 Å². The quantitative estimate of drug-likeness (QED) is 0.575. The third-order valence-electron chi connectivity index (χ3n) is 6.07. The van der Waals surface area contributed by atoms with Crippen molar-refractivity contribution >= 4 is 44.3 Å². The first kappa shape index (κ1) is 21.4. The van der Waals surface area contributed by atoms with Crippen LogP contribution in [-0.4, -0.2) is 34.7 Å². The van der Waals surface area contributed by atoms with Crippen LogP contribution in [0.4, 0.5) is 22.7 Å². The molecule has 1 N–H and O–H groups in total. The molecule has 8 heteroatoms. The summed E-state index contributed by atoms with van der Waals surface area (Å²) in [6, 6.07) is 8.87. The van der Waals surface area contributed by atoms with Crippen LogP contribution in [0.5, 0.6) is 0 Å². The van der Waals surface area contributed by atoms with E-state index in [1.807, 2.05) is 4.90 Å². The van der Waals surface area contributed by atoms with E-state index >= 15 is 0 Å². The number of rotatable bonds is 4. The summed E-state index contributed by atoms with van der Waals surface area (Å²) in [4.78, 5) is 6.64. The van der Waals surface area contributed by atoms with Crippen molar-refractivity contribution in [2.75, 3.05) is 41.4 Å². The standard InChI is InChI=1S/C24H27N3O3S2/c1-3-17-13-19(26-5-9-30-10-6-26)15-21-23(17)25-24-18(4-2)14-20(16-22(24)31-21)27-7-11-32(28,29)12-8-27/h7-8,11-16,25H,3-6,9-10H2,1-2H3. The highest BCUT2D eigenvalue weighted by molar-refractivity contribution is 7.99. The van der Waals surface area contributed by atoms with Gasteiger partial charge in [0.25, 0.3) is 0 Å². The van der Waals surface area contributed by atoms with Crippen LogP contribution in [-0.2, 0) is 27.4 Å². The summed E-state index contributed by atoms with van der Waals surface area (Å²) in [5.74, 6) is 0. The number of hydrogen-bond acceptors (Lipinski definition) is 7. The second-order valence-electron chi connectivity index (χ2n) is 8.06. The fraction of sp³-hybridized carbons (Fsp3) is 0.333. The molecule has 2 aromatic rings. The highest BCUT2D eigenvalue weighted by Gasteiger charge is 2.24. The van der Waals surface area contributed by atoms with E-state index in [2.05, 4.69) is 48.3 Å². The smallest absolute Gasteiger partial charge is 0.195 e. The third-order valence-corrected chi connectivity index (χ3v) is 8.15. The number of fused-ring (bicyclic) bond motifs is 2. The van der Waals surface area contributed by atoms with Gasteiger partial charge in [-0.3, -0.25) is 0 Å². The van der Waals surface area contributed by atoms with Crippen molar-refractivity contribution in [3.8, 4) is 0 Å². The van der Waals surface area contributed by atoms with Crippen LogP contribution < -0.4 is 15.1 Å². The maximum absolute atomic E-state index is 11.7. The van der Waals surface area contributed by atoms with Gasteiger partial charge in [-0.05, 0) is 48.2 Å². The maximum atomic E-state index is 11.7. The Morgan fingerprint density at radius 2 is 1.47 bits per heavy atom. The van der Waals surface area contributed by atoms with Crippen molar-refractivity contribution in [2.24, 2.45) is 0 Å². The van der Waals surface area contributed by atoms with Crippen LogP contribution in [0.2, 0.25) is 0 Å². The monoisotopic (exact) mass is 469 g/mol. The largest absolute Gasteiger partial charge is 0.378 e. The lowest BCUT2D eigenvalue weighted by atomic mass is 10.0. The fourth-order valence-corrected chi connectivity index (χ4v) is 6.14. The average molecular weight is 470 g/mol. The lowest BCUT2D eigenvalue weighted by molar-refractivity contribution is 0.122. The van der Waals surface area contributed by atoms with E-state index in [0.717, 1.165) is 55.4 Å². The molecule has 0 bridgehead atoms. The Morgan fingerprint density at radius 1 is 0.906 bits per heavy atom. The third kappa shape index (κ3) is 4.02. The SMILES string of the molecule is CCc1cc(N2C=CS(=O)(=O)C=C2)cc2c1Nc1c(CC)cc(N3CCOCC3)cc1S2. The molecular formula is C24H27N3O3S2. The molecule has 168 valence electrons. The van der Waals surface area contributed by atoms with Crippen LogP contribution in [0.3, 0.4) is 0 Å². The molecular weight excluding hydrogens is 442 g/mol. The number of benzene rings is 2. The first-order valence-corrected chi connectivity index (χ1v) is 13.4. The van der Waals surface area contributed by atoms with Gasteiger partial charge in [-0.1, -0.05) is 25.6 Å². The normalized spacial score (nSPS) is 18.8. The Bertz CT molecular complexity index is 1200. The number of nitrogens with one attached hydrogen (secondary N) is 1. The first-order valence-electron chi connectivity index (χ1n) is 11.0. The predicted octanol–water partition coefficient (Wildman–Crippen LogP) is 5.03. The van der Waals surface area contributed by atoms with E-state index in [1.165, 1.54) is 38.2 Å². The molecule has 0 saturated carbocycles. The van der Waals surface area contributed by atoms with Crippen LogP contribution in [0.1, 0.15) is 25.0 Å². The van der Waals surface area contributed by atoms with Gasteiger partial charge >= 0.3 is 0 Å². The molecule has 1 saturated heterocycles. The number of hydrogen-bond donors (Lipinski definition) is 1. The molecule has 0 radical (unpaired) electrons. The number of morpholine rings is 1. The van der Waals surface area contributed by atoms with Crippen molar-refractivity contribution in [1.82, 2.24) is 0 Å². The first-order chi connectivity index (χ1) is 15.5. The fourth-order valence-electron chi connectivity index (χ4n) is 4.28. The summed E-state index contributed by atoms with van der Waals surface area (Å²) in [7, 11) is -3.25. The van der Waals surface area contributed by atoms with Gasteiger partial charge < -0.3 is 19.9 Å². The maximum Gasteiger partial charge on any atom is 0.195 e. The van der Waals surface area contributed by atoms with E-state index in [9.17, 15) is 8.42 Å². The Morgan fingerprint density at radius 3 is 2.06 bits per heavy atom. The van der Waals surface area contributed by atoms with E-state index in [1.54, 1.807) is 24.2 Å². The van der Waals surface area contributed by atoms with Gasteiger partial charge in [0.05, 0.1) is 35.4 Å². The van der Waals surface area contributed by atoms with Gasteiger partial charge in [-0.15, -0.1) is 0 Å². The summed E-state index contributed by atoms with van der Waals surface area (Å²) in [5.41, 5.74) is 7.10. The van der Waals surface area contributed by atoms with Crippen molar-refractivity contribution < 1.29 is 13.2 Å². The topological polar surface area (TPSA) is 61.9 Å². The lowest BCUT2D eigenvalue weighted by Crippen LogP contribution is -2.36. The van der Waals surface area contributed by atoms with Crippen LogP contribution in [0.25, 0.3) is 0 Å². The van der Waals surface area contributed by atoms with Crippen LogP contribution in [0, 0.1) is 0 Å². The van der Waals surface area contributed by atoms with E-state index in [0.29, 0.717) is 0 Å². The summed E-state index contributed by atoms with van der Waals surface area (Å²) in [5, 5.41) is 6.21. The molecule has 0 atom stereocenters. The van der Waals surface area contributed by atoms with Gasteiger partial charge in [0.15, 0.2) is 9.84 Å². The van der Waals surface area contributed by atoms with Gasteiger partial charge in [0, 0.05) is 46.7 Å². The zero-order valence-electron chi connectivity index (χ0n) is 18.3. The van der Waals surface area contributed by atoms with Crippen LogP contribution >= 0.6 is 11.8 Å². The highest BCUT2D eigenvalue weighted by Crippen LogP contribution is 2.50. The number of aryl methyl sites for hydroxylation is 2. The summed E-state index contributed by atoms with van der Waals surface area (Å²) < 4.78 is 29.0. The van der Waals surface area contributed by atoms with Gasteiger partial charge in [0.1, 0.15) is 0 Å². The molecule has 5 rings (SSSR count). The molecule has 32 heavy (non-hydrogen) atoms. The van der Waals surface area contributed by atoms with Gasteiger partial charge in [-0.25, -0.2) is 8.42 Å². The Labute approximate surface area is 193 Å². The molecule has 0 amide bonds. The number of anilines is 4. The number of sulfone groups is 1. The Balaban J connectivity index is 1.53. The molecule has 2 aromatic carbocycles. The molecule has 3 aliphatic rings. The van der Waals surface area contributed by atoms with Crippen molar-refractivity contribution in [2.45, 2.75) is 36.5 Å². The zero-order valence-corrected chi connectivity index (χ0v) is 19.9. The minimum absolute atomic E-state index is 0.766. The van der Waals surface area contributed by atoms with Crippen molar-refractivity contribution in [3.05, 3.63) is 58.6 Å². The second-order valence-corrected chi connectivity index (χ2v) is 10.9. The molecule has 0 aliphatic carbocycles. The number of ether oxygens (including phenoxy) is 1. The van der Waals surface area contributed by atoms with Crippen molar-refractivity contribution in [3.63, 3.8) is 0 Å². The lowest BCUT2D eigenvalue weighted by Gasteiger charge is -2.32. The average Bonchev–Trinajstić information content (AvgIpc) is 2.82. The zero-order chi connectivity index (χ0) is 22.3. The van der Waals surface area contributed by atoms with Crippen LogP contribution in [0.15, 0.2) is 57.3 Å². The molecule has 3 heterocycles. The second kappa shape index (κ2) is 8.50. The summed E-state index contributed by atoms with van der Waals surface area (Å²) in [6.07, 6.45) is 5.06. The van der Waals surface area contributed by atoms with Gasteiger partial charge in [-0.2, -0.15) is 0 Å². The molecule has 0 spiro atoms. The van der Waals surface area contributed by atoms with E-state index < -0.39 is 9.84 Å².